The molecule has 3 aromatic rings. The monoisotopic (exact) mass is 381 g/mol. The lowest BCUT2D eigenvalue weighted by Crippen LogP contribution is -2.10. The first-order valence-corrected chi connectivity index (χ1v) is 10.2. The predicted octanol–water partition coefficient (Wildman–Crippen LogP) is 5.56. The fraction of sp³-hybridized carbons (Fsp3) is 0.364. The molecule has 0 fully saturated rings. The van der Waals surface area contributed by atoms with Gasteiger partial charge in [-0.25, -0.2) is 0 Å². The molecule has 0 aliphatic carbocycles. The van der Waals surface area contributed by atoms with Gasteiger partial charge in [0, 0.05) is 17.9 Å². The first-order chi connectivity index (χ1) is 12.9. The quantitative estimate of drug-likeness (QED) is 0.524. The van der Waals surface area contributed by atoms with Gasteiger partial charge in [0.1, 0.15) is 5.75 Å². The smallest absolute Gasteiger partial charge is 0.191 e. The molecule has 0 bridgehead atoms. The molecule has 3 rings (SSSR count). The number of nitrogens with zero attached hydrogens (tertiary/aromatic N) is 3. The first-order valence-electron chi connectivity index (χ1n) is 9.22. The van der Waals surface area contributed by atoms with Gasteiger partial charge in [-0.05, 0) is 35.6 Å². The first kappa shape index (κ1) is 19.5. The lowest BCUT2D eigenvalue weighted by atomic mass is 9.87. The van der Waals surface area contributed by atoms with E-state index in [4.69, 9.17) is 4.74 Å². The summed E-state index contributed by atoms with van der Waals surface area (Å²) in [5, 5.41) is 9.84. The Morgan fingerprint density at radius 2 is 1.63 bits per heavy atom. The van der Waals surface area contributed by atoms with Crippen LogP contribution in [0.25, 0.3) is 11.4 Å². The van der Waals surface area contributed by atoms with Crippen LogP contribution in [0.5, 0.6) is 5.75 Å². The maximum atomic E-state index is 5.22. The van der Waals surface area contributed by atoms with E-state index in [2.05, 4.69) is 78.9 Å². The van der Waals surface area contributed by atoms with Crippen molar-refractivity contribution < 1.29 is 4.74 Å². The van der Waals surface area contributed by atoms with E-state index in [1.807, 2.05) is 12.1 Å². The molecule has 4 nitrogen and oxygen atoms in total. The summed E-state index contributed by atoms with van der Waals surface area (Å²) in [6, 6.07) is 16.8. The minimum Gasteiger partial charge on any atom is -0.497 e. The Labute approximate surface area is 166 Å². The zero-order valence-electron chi connectivity index (χ0n) is 16.7. The third kappa shape index (κ3) is 4.53. The fourth-order valence-electron chi connectivity index (χ4n) is 2.88. The van der Waals surface area contributed by atoms with Crippen LogP contribution in [0, 0.1) is 0 Å². The van der Waals surface area contributed by atoms with Crippen LogP contribution in [0.15, 0.2) is 53.7 Å². The Balaban J connectivity index is 1.78. The minimum absolute atomic E-state index is 0.149. The summed E-state index contributed by atoms with van der Waals surface area (Å²) in [5.74, 6) is 2.65. The van der Waals surface area contributed by atoms with E-state index >= 15 is 0 Å². The Morgan fingerprint density at radius 3 is 2.19 bits per heavy atom. The average molecular weight is 382 g/mol. The highest BCUT2D eigenvalue weighted by Gasteiger charge is 2.16. The van der Waals surface area contributed by atoms with Gasteiger partial charge in [-0.2, -0.15) is 0 Å². The Hall–Kier alpha value is -2.27. The molecule has 1 aromatic heterocycles. The molecule has 0 spiro atoms. The molecule has 0 atom stereocenters. The molecule has 0 unspecified atom stereocenters. The van der Waals surface area contributed by atoms with Crippen LogP contribution in [0.4, 0.5) is 0 Å². The summed E-state index contributed by atoms with van der Waals surface area (Å²) in [6.07, 6.45) is 0. The van der Waals surface area contributed by atoms with Crippen molar-refractivity contribution in [3.8, 4) is 17.1 Å². The number of thioether (sulfide) groups is 1. The van der Waals surface area contributed by atoms with E-state index in [9.17, 15) is 0 Å². The molecule has 1 heterocycles. The molecule has 5 heteroatoms. The standard InChI is InChI=1S/C22H27N3OS/c1-6-25-20(17-9-11-18(12-10-17)22(2,3)4)23-24-21(25)27-15-16-7-13-19(26-5)14-8-16/h7-14H,6,15H2,1-5H3. The van der Waals surface area contributed by atoms with E-state index in [-0.39, 0.29) is 5.41 Å². The van der Waals surface area contributed by atoms with E-state index in [0.29, 0.717) is 0 Å². The van der Waals surface area contributed by atoms with Gasteiger partial charge in [-0.3, -0.25) is 0 Å². The maximum Gasteiger partial charge on any atom is 0.191 e. The molecule has 0 aliphatic heterocycles. The third-order valence-corrected chi connectivity index (χ3v) is 5.61. The molecule has 2 aromatic carbocycles. The highest BCUT2D eigenvalue weighted by molar-refractivity contribution is 7.98. The summed E-state index contributed by atoms with van der Waals surface area (Å²) in [7, 11) is 1.68. The Kier molecular flexibility index (Phi) is 5.90. The number of benzene rings is 2. The van der Waals surface area contributed by atoms with Gasteiger partial charge >= 0.3 is 0 Å². The summed E-state index contributed by atoms with van der Waals surface area (Å²) in [5.41, 5.74) is 3.81. The Morgan fingerprint density at radius 1 is 0.963 bits per heavy atom. The van der Waals surface area contributed by atoms with Gasteiger partial charge in [0.25, 0.3) is 0 Å². The number of methoxy groups -OCH3 is 1. The molecule has 0 aliphatic rings. The molecule has 0 N–H and O–H groups in total. The van der Waals surface area contributed by atoms with Gasteiger partial charge in [0.2, 0.25) is 0 Å². The normalized spacial score (nSPS) is 11.6. The zero-order chi connectivity index (χ0) is 19.4. The molecule has 0 amide bonds. The second kappa shape index (κ2) is 8.17. The highest BCUT2D eigenvalue weighted by atomic mass is 32.2. The number of aromatic nitrogens is 3. The van der Waals surface area contributed by atoms with E-state index < -0.39 is 0 Å². The van der Waals surface area contributed by atoms with Gasteiger partial charge in [0.05, 0.1) is 7.11 Å². The minimum atomic E-state index is 0.149. The largest absolute Gasteiger partial charge is 0.497 e. The number of ether oxygens (including phenoxy) is 1. The average Bonchev–Trinajstić information content (AvgIpc) is 3.09. The summed E-state index contributed by atoms with van der Waals surface area (Å²) < 4.78 is 7.40. The van der Waals surface area contributed by atoms with Crippen LogP contribution in [-0.4, -0.2) is 21.9 Å². The van der Waals surface area contributed by atoms with E-state index in [1.54, 1.807) is 18.9 Å². The summed E-state index contributed by atoms with van der Waals surface area (Å²) in [6.45, 7) is 9.65. The number of hydrogen-bond donors (Lipinski definition) is 0. The van der Waals surface area contributed by atoms with Crippen molar-refractivity contribution in [1.29, 1.82) is 0 Å². The fourth-order valence-corrected chi connectivity index (χ4v) is 3.84. The maximum absolute atomic E-state index is 5.22. The van der Waals surface area contributed by atoms with Gasteiger partial charge < -0.3 is 9.30 Å². The van der Waals surface area contributed by atoms with Crippen LogP contribution >= 0.6 is 11.8 Å². The molecule has 0 radical (unpaired) electrons. The molecule has 0 saturated heterocycles. The summed E-state index contributed by atoms with van der Waals surface area (Å²) >= 11 is 1.71. The van der Waals surface area contributed by atoms with Crippen molar-refractivity contribution >= 4 is 11.8 Å². The molecular formula is C22H27N3OS. The van der Waals surface area contributed by atoms with Crippen molar-refractivity contribution in [3.05, 3.63) is 59.7 Å². The molecule has 27 heavy (non-hydrogen) atoms. The third-order valence-electron chi connectivity index (χ3n) is 4.57. The number of rotatable bonds is 6. The highest BCUT2D eigenvalue weighted by Crippen LogP contribution is 2.29. The number of hydrogen-bond acceptors (Lipinski definition) is 4. The van der Waals surface area contributed by atoms with Crippen LogP contribution in [0.2, 0.25) is 0 Å². The van der Waals surface area contributed by atoms with Crippen molar-refractivity contribution in [1.82, 2.24) is 14.8 Å². The lowest BCUT2D eigenvalue weighted by molar-refractivity contribution is 0.414. The van der Waals surface area contributed by atoms with Crippen LogP contribution in [-0.2, 0) is 17.7 Å². The van der Waals surface area contributed by atoms with Crippen LogP contribution in [0.1, 0.15) is 38.8 Å². The van der Waals surface area contributed by atoms with Crippen molar-refractivity contribution in [2.24, 2.45) is 0 Å². The second-order valence-electron chi connectivity index (χ2n) is 7.51. The van der Waals surface area contributed by atoms with Crippen molar-refractivity contribution in [2.45, 2.75) is 50.6 Å². The molecule has 142 valence electrons. The lowest BCUT2D eigenvalue weighted by Gasteiger charge is -2.19. The van der Waals surface area contributed by atoms with Crippen LogP contribution in [0.3, 0.4) is 0 Å². The SMILES string of the molecule is CCn1c(SCc2ccc(OC)cc2)nnc1-c1ccc(C(C)(C)C)cc1. The van der Waals surface area contributed by atoms with Gasteiger partial charge in [0.15, 0.2) is 11.0 Å². The van der Waals surface area contributed by atoms with E-state index in [1.165, 1.54) is 11.1 Å². The van der Waals surface area contributed by atoms with Gasteiger partial charge in [-0.1, -0.05) is 68.9 Å². The van der Waals surface area contributed by atoms with Crippen LogP contribution < -0.4 is 4.74 Å². The van der Waals surface area contributed by atoms with Crippen molar-refractivity contribution in [3.63, 3.8) is 0 Å². The van der Waals surface area contributed by atoms with E-state index in [0.717, 1.165) is 34.6 Å². The van der Waals surface area contributed by atoms with Crippen molar-refractivity contribution in [2.75, 3.05) is 7.11 Å². The molecular weight excluding hydrogens is 354 g/mol. The summed E-state index contributed by atoms with van der Waals surface area (Å²) in [4.78, 5) is 0. The topological polar surface area (TPSA) is 39.9 Å². The Bertz CT molecular complexity index is 877. The second-order valence-corrected chi connectivity index (χ2v) is 8.46. The van der Waals surface area contributed by atoms with Gasteiger partial charge in [-0.15, -0.1) is 10.2 Å². The molecule has 0 saturated carbocycles. The zero-order valence-corrected chi connectivity index (χ0v) is 17.5. The predicted molar refractivity (Wildman–Crippen MR) is 112 cm³/mol.